The van der Waals surface area contributed by atoms with Gasteiger partial charge in [0.2, 0.25) is 5.91 Å². The highest BCUT2D eigenvalue weighted by Crippen LogP contribution is 2.26. The molecule has 1 aromatic rings. The Balaban J connectivity index is 1.68. The zero-order valence-electron chi connectivity index (χ0n) is 12.4. The third-order valence-corrected chi connectivity index (χ3v) is 4.56. The summed E-state index contributed by atoms with van der Waals surface area (Å²) in [6, 6.07) is 2.20. The van der Waals surface area contributed by atoms with Gasteiger partial charge in [-0.2, -0.15) is 0 Å². The number of likely N-dealkylation sites (N-methyl/N-ethyl adjacent to an activating group) is 1. The maximum absolute atomic E-state index is 12.6. The highest BCUT2D eigenvalue weighted by atomic mass is 16.2. The molecule has 1 fully saturated rings. The van der Waals surface area contributed by atoms with Crippen molar-refractivity contribution in [3.05, 3.63) is 29.1 Å². The minimum Gasteiger partial charge on any atom is -0.340 e. The molecule has 0 aromatic carbocycles. The Morgan fingerprint density at radius 2 is 2.05 bits per heavy atom. The van der Waals surface area contributed by atoms with Crippen molar-refractivity contribution in [3.8, 4) is 0 Å². The monoisotopic (exact) mass is 273 g/mol. The average molecular weight is 273 g/mol. The van der Waals surface area contributed by atoms with Crippen LogP contribution in [0.2, 0.25) is 0 Å². The van der Waals surface area contributed by atoms with E-state index in [1.807, 2.05) is 6.20 Å². The van der Waals surface area contributed by atoms with Gasteiger partial charge in [-0.1, -0.05) is 6.07 Å². The van der Waals surface area contributed by atoms with E-state index in [0.717, 1.165) is 45.4 Å². The first-order valence-electron chi connectivity index (χ1n) is 7.55. The van der Waals surface area contributed by atoms with Crippen molar-refractivity contribution < 1.29 is 4.79 Å². The van der Waals surface area contributed by atoms with Crippen molar-refractivity contribution in [3.63, 3.8) is 0 Å². The Morgan fingerprint density at radius 1 is 1.30 bits per heavy atom. The molecule has 1 aliphatic carbocycles. The van der Waals surface area contributed by atoms with Crippen LogP contribution in [0.25, 0.3) is 0 Å². The summed E-state index contributed by atoms with van der Waals surface area (Å²) in [4.78, 5) is 21.5. The van der Waals surface area contributed by atoms with E-state index < -0.39 is 0 Å². The lowest BCUT2D eigenvalue weighted by Crippen LogP contribution is -2.49. The van der Waals surface area contributed by atoms with E-state index in [4.69, 9.17) is 0 Å². The van der Waals surface area contributed by atoms with Gasteiger partial charge >= 0.3 is 0 Å². The number of pyridine rings is 1. The van der Waals surface area contributed by atoms with Crippen LogP contribution >= 0.6 is 0 Å². The van der Waals surface area contributed by atoms with Gasteiger partial charge in [0.15, 0.2) is 0 Å². The molecule has 2 aliphatic rings. The van der Waals surface area contributed by atoms with Crippen LogP contribution in [0.3, 0.4) is 0 Å². The first kappa shape index (κ1) is 13.6. The second-order valence-corrected chi connectivity index (χ2v) is 6.19. The lowest BCUT2D eigenvalue weighted by molar-refractivity contribution is -0.137. The van der Waals surface area contributed by atoms with Gasteiger partial charge in [-0.25, -0.2) is 0 Å². The minimum atomic E-state index is 0.162. The molecule has 0 spiro atoms. The number of amides is 1. The first-order chi connectivity index (χ1) is 9.63. The summed E-state index contributed by atoms with van der Waals surface area (Å²) < 4.78 is 0. The predicted octanol–water partition coefficient (Wildman–Crippen LogP) is 1.27. The molecule has 3 rings (SSSR count). The number of piperazine rings is 1. The quantitative estimate of drug-likeness (QED) is 0.773. The SMILES string of the molecule is Cc1cnc2c(c1)CC(C(=O)N1CCN(C)CC1)CC2. The standard InChI is InChI=1S/C16H23N3O/c1-12-9-14-10-13(3-4-15(14)17-11-12)16(20)19-7-5-18(2)6-8-19/h9,11,13H,3-8,10H2,1-2H3. The van der Waals surface area contributed by atoms with Gasteiger partial charge in [-0.15, -0.1) is 0 Å². The molecule has 0 radical (unpaired) electrons. The third-order valence-electron chi connectivity index (χ3n) is 4.56. The maximum Gasteiger partial charge on any atom is 0.226 e. The Labute approximate surface area is 120 Å². The number of hydrogen-bond donors (Lipinski definition) is 0. The van der Waals surface area contributed by atoms with Crippen molar-refractivity contribution in [2.75, 3.05) is 33.2 Å². The van der Waals surface area contributed by atoms with Crippen LogP contribution in [0.15, 0.2) is 12.3 Å². The topological polar surface area (TPSA) is 36.4 Å². The lowest BCUT2D eigenvalue weighted by Gasteiger charge is -2.35. The number of aryl methyl sites for hydroxylation is 2. The van der Waals surface area contributed by atoms with Crippen LogP contribution in [0.4, 0.5) is 0 Å². The van der Waals surface area contributed by atoms with Crippen molar-refractivity contribution in [1.82, 2.24) is 14.8 Å². The molecule has 1 atom stereocenters. The second-order valence-electron chi connectivity index (χ2n) is 6.19. The first-order valence-corrected chi connectivity index (χ1v) is 7.55. The number of carbonyl (C=O) groups is 1. The van der Waals surface area contributed by atoms with Crippen LogP contribution in [0, 0.1) is 12.8 Å². The third kappa shape index (κ3) is 2.70. The Kier molecular flexibility index (Phi) is 3.74. The fourth-order valence-corrected chi connectivity index (χ4v) is 3.23. The summed E-state index contributed by atoms with van der Waals surface area (Å²) >= 11 is 0. The van der Waals surface area contributed by atoms with Crippen LogP contribution < -0.4 is 0 Å². The molecule has 1 amide bonds. The van der Waals surface area contributed by atoms with E-state index in [0.29, 0.717) is 5.91 Å². The molecule has 4 nitrogen and oxygen atoms in total. The predicted molar refractivity (Wildman–Crippen MR) is 78.6 cm³/mol. The van der Waals surface area contributed by atoms with Crippen LogP contribution in [-0.4, -0.2) is 53.9 Å². The minimum absolute atomic E-state index is 0.162. The second kappa shape index (κ2) is 5.52. The summed E-state index contributed by atoms with van der Waals surface area (Å²) in [5.41, 5.74) is 3.67. The lowest BCUT2D eigenvalue weighted by atomic mass is 9.85. The number of rotatable bonds is 1. The molecule has 1 aromatic heterocycles. The van der Waals surface area contributed by atoms with E-state index in [1.165, 1.54) is 16.8 Å². The largest absolute Gasteiger partial charge is 0.340 e. The van der Waals surface area contributed by atoms with E-state index in [1.54, 1.807) is 0 Å². The fraction of sp³-hybridized carbons (Fsp3) is 0.625. The van der Waals surface area contributed by atoms with Gasteiger partial charge in [0, 0.05) is 44.0 Å². The highest BCUT2D eigenvalue weighted by Gasteiger charge is 2.30. The summed E-state index contributed by atoms with van der Waals surface area (Å²) in [5, 5.41) is 0. The smallest absolute Gasteiger partial charge is 0.226 e. The Hall–Kier alpha value is -1.42. The van der Waals surface area contributed by atoms with E-state index >= 15 is 0 Å². The number of nitrogens with zero attached hydrogens (tertiary/aromatic N) is 3. The molecule has 0 bridgehead atoms. The van der Waals surface area contributed by atoms with Crippen molar-refractivity contribution in [1.29, 1.82) is 0 Å². The van der Waals surface area contributed by atoms with Gasteiger partial charge in [0.25, 0.3) is 0 Å². The van der Waals surface area contributed by atoms with Crippen molar-refractivity contribution in [2.45, 2.75) is 26.2 Å². The molecule has 2 heterocycles. The van der Waals surface area contributed by atoms with E-state index in [9.17, 15) is 4.79 Å². The van der Waals surface area contributed by atoms with Gasteiger partial charge in [-0.05, 0) is 44.4 Å². The zero-order valence-corrected chi connectivity index (χ0v) is 12.4. The van der Waals surface area contributed by atoms with Gasteiger partial charge < -0.3 is 9.80 Å². The van der Waals surface area contributed by atoms with Crippen molar-refractivity contribution >= 4 is 5.91 Å². The van der Waals surface area contributed by atoms with Crippen LogP contribution in [0.1, 0.15) is 23.2 Å². The summed E-state index contributed by atoms with van der Waals surface area (Å²) in [6.07, 6.45) is 4.70. The van der Waals surface area contributed by atoms with Gasteiger partial charge in [0.1, 0.15) is 0 Å². The number of aromatic nitrogens is 1. The Morgan fingerprint density at radius 3 is 2.80 bits per heavy atom. The molecule has 1 aliphatic heterocycles. The average Bonchev–Trinajstić information content (AvgIpc) is 2.46. The van der Waals surface area contributed by atoms with Gasteiger partial charge in [0.05, 0.1) is 0 Å². The molecule has 1 saturated heterocycles. The summed E-state index contributed by atoms with van der Waals surface area (Å²) in [6.45, 7) is 5.82. The molecule has 0 N–H and O–H groups in total. The molecule has 1 unspecified atom stereocenters. The van der Waals surface area contributed by atoms with Gasteiger partial charge in [-0.3, -0.25) is 9.78 Å². The number of fused-ring (bicyclic) bond motifs is 1. The number of hydrogen-bond acceptors (Lipinski definition) is 3. The highest BCUT2D eigenvalue weighted by molar-refractivity contribution is 5.79. The van der Waals surface area contributed by atoms with E-state index in [2.05, 4.69) is 34.8 Å². The Bertz CT molecular complexity index is 506. The number of carbonyl (C=O) groups excluding carboxylic acids is 1. The molecule has 108 valence electrons. The van der Waals surface area contributed by atoms with Crippen molar-refractivity contribution in [2.24, 2.45) is 5.92 Å². The van der Waals surface area contributed by atoms with E-state index in [-0.39, 0.29) is 5.92 Å². The maximum atomic E-state index is 12.6. The normalized spacial score (nSPS) is 23.5. The zero-order chi connectivity index (χ0) is 14.1. The fourth-order valence-electron chi connectivity index (χ4n) is 3.23. The van der Waals surface area contributed by atoms with Crippen LogP contribution in [-0.2, 0) is 17.6 Å². The molecule has 0 saturated carbocycles. The molecular weight excluding hydrogens is 250 g/mol. The summed E-state index contributed by atoms with van der Waals surface area (Å²) in [5.74, 6) is 0.514. The molecule has 20 heavy (non-hydrogen) atoms. The summed E-state index contributed by atoms with van der Waals surface area (Å²) in [7, 11) is 2.12. The van der Waals surface area contributed by atoms with Crippen LogP contribution in [0.5, 0.6) is 0 Å². The molecular formula is C16H23N3O. The molecule has 4 heteroatoms.